The minimum absolute atomic E-state index is 0.321. The molecule has 4 heteroatoms. The molecule has 0 saturated carbocycles. The van der Waals surface area contributed by atoms with Gasteiger partial charge in [0.05, 0.1) is 16.7 Å². The first kappa shape index (κ1) is 11.8. The molecule has 0 amide bonds. The summed E-state index contributed by atoms with van der Waals surface area (Å²) in [5.41, 5.74) is 1.11. The Morgan fingerprint density at radius 1 is 1.21 bits per heavy atom. The third kappa shape index (κ3) is 3.84. The van der Waals surface area contributed by atoms with Crippen LogP contribution in [-0.2, 0) is 15.9 Å². The van der Waals surface area contributed by atoms with Crippen LogP contribution in [0.4, 0.5) is 0 Å². The molecule has 0 aliphatic heterocycles. The van der Waals surface area contributed by atoms with Crippen molar-refractivity contribution in [2.75, 3.05) is 20.5 Å². The number of rotatable bonds is 5. The van der Waals surface area contributed by atoms with Gasteiger partial charge in [-0.15, -0.1) is 0 Å². The molecular formula is C10H12Cl2O2. The van der Waals surface area contributed by atoms with Gasteiger partial charge in [0.2, 0.25) is 0 Å². The lowest BCUT2D eigenvalue weighted by molar-refractivity contribution is -0.0291. The van der Waals surface area contributed by atoms with E-state index in [1.165, 1.54) is 0 Å². The Labute approximate surface area is 93.7 Å². The molecule has 1 aromatic rings. The molecule has 0 aromatic heterocycles. The molecule has 0 bridgehead atoms. The Balaban J connectivity index is 2.39. The zero-order valence-corrected chi connectivity index (χ0v) is 9.44. The third-order valence-corrected chi connectivity index (χ3v) is 2.46. The van der Waals surface area contributed by atoms with Gasteiger partial charge in [-0.1, -0.05) is 29.3 Å². The number of methoxy groups -OCH3 is 1. The minimum atomic E-state index is 0.321. The summed E-state index contributed by atoms with van der Waals surface area (Å²) in [6, 6.07) is 5.57. The van der Waals surface area contributed by atoms with Crippen LogP contribution < -0.4 is 0 Å². The second-order valence-corrected chi connectivity index (χ2v) is 3.63. The Morgan fingerprint density at radius 3 is 2.64 bits per heavy atom. The van der Waals surface area contributed by atoms with Gasteiger partial charge >= 0.3 is 0 Å². The fraction of sp³-hybridized carbons (Fsp3) is 0.400. The fourth-order valence-electron chi connectivity index (χ4n) is 1.03. The average molecular weight is 235 g/mol. The van der Waals surface area contributed by atoms with Crippen molar-refractivity contribution >= 4 is 23.2 Å². The summed E-state index contributed by atoms with van der Waals surface area (Å²) in [7, 11) is 1.60. The molecule has 0 aliphatic carbocycles. The monoisotopic (exact) mass is 234 g/mol. The Morgan fingerprint density at radius 2 is 2.00 bits per heavy atom. The van der Waals surface area contributed by atoms with Crippen molar-refractivity contribution in [3.8, 4) is 0 Å². The first-order chi connectivity index (χ1) is 6.74. The minimum Gasteiger partial charge on any atom is -0.359 e. The second-order valence-electron chi connectivity index (χ2n) is 2.81. The quantitative estimate of drug-likeness (QED) is 0.576. The predicted octanol–water partition coefficient (Wildman–Crippen LogP) is 3.16. The molecule has 14 heavy (non-hydrogen) atoms. The van der Waals surface area contributed by atoms with Crippen LogP contribution in [0.15, 0.2) is 18.2 Å². The normalized spacial score (nSPS) is 10.5. The lowest BCUT2D eigenvalue weighted by Crippen LogP contribution is -2.01. The topological polar surface area (TPSA) is 18.5 Å². The van der Waals surface area contributed by atoms with E-state index in [9.17, 15) is 0 Å². The van der Waals surface area contributed by atoms with Crippen LogP contribution in [0.1, 0.15) is 5.56 Å². The van der Waals surface area contributed by atoms with E-state index in [1.807, 2.05) is 12.1 Å². The summed E-state index contributed by atoms with van der Waals surface area (Å²) < 4.78 is 9.91. The molecule has 78 valence electrons. The summed E-state index contributed by atoms with van der Waals surface area (Å²) in [6.07, 6.45) is 0.806. The average Bonchev–Trinajstić information content (AvgIpc) is 2.18. The van der Waals surface area contributed by atoms with Gasteiger partial charge in [-0.2, -0.15) is 0 Å². The molecule has 0 radical (unpaired) electrons. The Bertz CT molecular complexity index is 289. The third-order valence-electron chi connectivity index (χ3n) is 1.72. The Kier molecular flexibility index (Phi) is 5.26. The molecule has 2 nitrogen and oxygen atoms in total. The molecule has 0 atom stereocenters. The van der Waals surface area contributed by atoms with Gasteiger partial charge in [0, 0.05) is 7.11 Å². The van der Waals surface area contributed by atoms with Crippen molar-refractivity contribution in [1.82, 2.24) is 0 Å². The number of hydrogen-bond donors (Lipinski definition) is 0. The summed E-state index contributed by atoms with van der Waals surface area (Å²) in [4.78, 5) is 0. The van der Waals surface area contributed by atoms with Crippen LogP contribution in [0, 0.1) is 0 Å². The SMILES string of the molecule is COCOCCc1ccc(Cl)c(Cl)c1. The zero-order valence-electron chi connectivity index (χ0n) is 7.93. The van der Waals surface area contributed by atoms with Crippen molar-refractivity contribution in [2.45, 2.75) is 6.42 Å². The molecule has 0 saturated heterocycles. The molecule has 1 aromatic carbocycles. The second kappa shape index (κ2) is 6.25. The molecular weight excluding hydrogens is 223 g/mol. The molecule has 0 unspecified atom stereocenters. The maximum Gasteiger partial charge on any atom is 0.146 e. The van der Waals surface area contributed by atoms with Crippen LogP contribution in [0.3, 0.4) is 0 Å². The fourth-order valence-corrected chi connectivity index (χ4v) is 1.35. The lowest BCUT2D eigenvalue weighted by Gasteiger charge is -2.04. The highest BCUT2D eigenvalue weighted by Crippen LogP contribution is 2.22. The lowest BCUT2D eigenvalue weighted by atomic mass is 10.2. The molecule has 0 N–H and O–H groups in total. The van der Waals surface area contributed by atoms with Crippen LogP contribution in [0.2, 0.25) is 10.0 Å². The zero-order chi connectivity index (χ0) is 10.4. The van der Waals surface area contributed by atoms with Crippen molar-refractivity contribution in [3.63, 3.8) is 0 Å². The predicted molar refractivity (Wildman–Crippen MR) is 58.0 cm³/mol. The van der Waals surface area contributed by atoms with E-state index in [4.69, 9.17) is 32.7 Å². The summed E-state index contributed by atoms with van der Waals surface area (Å²) in [5.74, 6) is 0. The van der Waals surface area contributed by atoms with Crippen LogP contribution >= 0.6 is 23.2 Å². The summed E-state index contributed by atoms with van der Waals surface area (Å²) in [6.45, 7) is 0.938. The van der Waals surface area contributed by atoms with Crippen molar-refractivity contribution in [3.05, 3.63) is 33.8 Å². The van der Waals surface area contributed by atoms with E-state index >= 15 is 0 Å². The van der Waals surface area contributed by atoms with E-state index in [2.05, 4.69) is 0 Å². The van der Waals surface area contributed by atoms with Gasteiger partial charge in [-0.25, -0.2) is 0 Å². The maximum absolute atomic E-state index is 5.86. The van der Waals surface area contributed by atoms with Crippen LogP contribution in [-0.4, -0.2) is 20.5 Å². The Hall–Kier alpha value is -0.280. The van der Waals surface area contributed by atoms with E-state index in [1.54, 1.807) is 13.2 Å². The van der Waals surface area contributed by atoms with Crippen molar-refractivity contribution in [1.29, 1.82) is 0 Å². The van der Waals surface area contributed by atoms with Gasteiger partial charge < -0.3 is 9.47 Å². The highest BCUT2D eigenvalue weighted by molar-refractivity contribution is 6.42. The largest absolute Gasteiger partial charge is 0.359 e. The molecule has 0 aliphatic rings. The number of benzene rings is 1. The number of halogens is 2. The van der Waals surface area contributed by atoms with E-state index in [0.29, 0.717) is 23.4 Å². The van der Waals surface area contributed by atoms with Crippen LogP contribution in [0.25, 0.3) is 0 Å². The van der Waals surface area contributed by atoms with E-state index in [-0.39, 0.29) is 0 Å². The first-order valence-corrected chi connectivity index (χ1v) is 5.00. The highest BCUT2D eigenvalue weighted by atomic mass is 35.5. The van der Waals surface area contributed by atoms with Gasteiger partial charge in [-0.3, -0.25) is 0 Å². The molecule has 1 rings (SSSR count). The molecule has 0 fully saturated rings. The van der Waals surface area contributed by atoms with E-state index < -0.39 is 0 Å². The summed E-state index contributed by atoms with van der Waals surface area (Å²) >= 11 is 11.6. The van der Waals surface area contributed by atoms with Crippen LogP contribution in [0.5, 0.6) is 0 Å². The van der Waals surface area contributed by atoms with Gasteiger partial charge in [0.1, 0.15) is 6.79 Å². The van der Waals surface area contributed by atoms with Gasteiger partial charge in [-0.05, 0) is 24.1 Å². The summed E-state index contributed by atoms with van der Waals surface area (Å²) in [5, 5.41) is 1.16. The molecule has 0 heterocycles. The number of hydrogen-bond acceptors (Lipinski definition) is 2. The molecule has 0 spiro atoms. The smallest absolute Gasteiger partial charge is 0.146 e. The van der Waals surface area contributed by atoms with Gasteiger partial charge in [0.15, 0.2) is 0 Å². The standard InChI is InChI=1S/C10H12Cl2O2/c1-13-7-14-5-4-8-2-3-9(11)10(12)6-8/h2-3,6H,4-5,7H2,1H3. The number of ether oxygens (including phenoxy) is 2. The first-order valence-electron chi connectivity index (χ1n) is 4.24. The van der Waals surface area contributed by atoms with Crippen molar-refractivity contribution in [2.24, 2.45) is 0 Å². The van der Waals surface area contributed by atoms with E-state index in [0.717, 1.165) is 12.0 Å². The van der Waals surface area contributed by atoms with Crippen molar-refractivity contribution < 1.29 is 9.47 Å². The highest BCUT2D eigenvalue weighted by Gasteiger charge is 1.99. The van der Waals surface area contributed by atoms with Gasteiger partial charge in [0.25, 0.3) is 0 Å². The maximum atomic E-state index is 5.86.